The normalized spacial score (nSPS) is 25.8. The highest BCUT2D eigenvalue weighted by atomic mass is 19.4. The Kier molecular flexibility index (Phi) is 8.38. The van der Waals surface area contributed by atoms with E-state index >= 15 is 0 Å². The molecule has 4 heterocycles. The van der Waals surface area contributed by atoms with Crippen molar-refractivity contribution in [3.63, 3.8) is 0 Å². The molecule has 0 bridgehead atoms. The van der Waals surface area contributed by atoms with E-state index in [-0.39, 0.29) is 36.1 Å². The monoisotopic (exact) mass is 608 g/mol. The van der Waals surface area contributed by atoms with Crippen LogP contribution in [0.3, 0.4) is 0 Å². The Bertz CT molecular complexity index is 1480. The quantitative estimate of drug-likeness (QED) is 0.432. The molecule has 44 heavy (non-hydrogen) atoms. The lowest BCUT2D eigenvalue weighted by Crippen LogP contribution is -2.56. The van der Waals surface area contributed by atoms with Crippen molar-refractivity contribution in [2.75, 3.05) is 19.6 Å². The molecule has 3 aromatic rings. The molecular formula is C32H35F3N6O3. The Morgan fingerprint density at radius 2 is 1.73 bits per heavy atom. The zero-order valence-electron chi connectivity index (χ0n) is 24.2. The van der Waals surface area contributed by atoms with Crippen LogP contribution in [-0.4, -0.2) is 79.4 Å². The van der Waals surface area contributed by atoms with E-state index in [2.05, 4.69) is 25.2 Å². The number of nitrogens with one attached hydrogen (secondary N) is 1. The van der Waals surface area contributed by atoms with Crippen LogP contribution < -0.4 is 5.32 Å². The molecule has 2 atom stereocenters. The van der Waals surface area contributed by atoms with Gasteiger partial charge in [0.25, 0.3) is 5.91 Å². The average molecular weight is 609 g/mol. The molecule has 2 saturated heterocycles. The van der Waals surface area contributed by atoms with Crippen molar-refractivity contribution in [2.24, 2.45) is 0 Å². The molecule has 1 saturated carbocycles. The molecule has 12 heteroatoms. The topological polar surface area (TPSA) is 112 Å². The second kappa shape index (κ2) is 12.2. The number of rotatable bonds is 6. The number of hydrogen-bond donors (Lipinski definition) is 2. The number of carbonyl (C=O) groups is 2. The summed E-state index contributed by atoms with van der Waals surface area (Å²) >= 11 is 0. The number of halogens is 3. The van der Waals surface area contributed by atoms with Crippen molar-refractivity contribution >= 4 is 11.8 Å². The molecule has 3 fully saturated rings. The minimum Gasteiger partial charge on any atom is -0.384 e. The fraction of sp³-hybridized carbons (Fsp3) is 0.469. The van der Waals surface area contributed by atoms with E-state index in [1.807, 2.05) is 17.0 Å². The van der Waals surface area contributed by atoms with Gasteiger partial charge in [-0.3, -0.25) is 19.5 Å². The summed E-state index contributed by atoms with van der Waals surface area (Å²) in [6.07, 6.45) is 5.93. The lowest BCUT2D eigenvalue weighted by atomic mass is 9.78. The third-order valence-corrected chi connectivity index (χ3v) is 9.34. The molecule has 6 rings (SSSR count). The molecular weight excluding hydrogens is 573 g/mol. The molecule has 0 spiro atoms. The van der Waals surface area contributed by atoms with Gasteiger partial charge in [-0.2, -0.15) is 13.2 Å². The van der Waals surface area contributed by atoms with Crippen LogP contribution in [0, 0.1) is 0 Å². The number of alkyl halides is 3. The lowest BCUT2D eigenvalue weighted by Gasteiger charge is -2.47. The van der Waals surface area contributed by atoms with Gasteiger partial charge in [0.1, 0.15) is 5.60 Å². The van der Waals surface area contributed by atoms with Crippen LogP contribution in [0.5, 0.6) is 0 Å². The van der Waals surface area contributed by atoms with Crippen LogP contribution in [0.2, 0.25) is 0 Å². The molecule has 232 valence electrons. The van der Waals surface area contributed by atoms with Crippen LogP contribution in [0.15, 0.2) is 61.1 Å². The molecule has 2 amide bonds. The van der Waals surface area contributed by atoms with E-state index < -0.39 is 23.2 Å². The molecule has 2 aliphatic heterocycles. The van der Waals surface area contributed by atoms with Crippen LogP contribution in [0.1, 0.15) is 66.6 Å². The number of benzene rings is 1. The van der Waals surface area contributed by atoms with Crippen LogP contribution in [0.4, 0.5) is 13.2 Å². The molecule has 0 radical (unpaired) electrons. The number of amides is 2. The van der Waals surface area contributed by atoms with E-state index in [1.165, 1.54) is 12.1 Å². The van der Waals surface area contributed by atoms with Crippen molar-refractivity contribution in [1.29, 1.82) is 0 Å². The van der Waals surface area contributed by atoms with E-state index in [0.717, 1.165) is 56.3 Å². The zero-order valence-corrected chi connectivity index (χ0v) is 24.2. The minimum absolute atomic E-state index is 0.0249. The van der Waals surface area contributed by atoms with E-state index in [9.17, 15) is 27.9 Å². The second-order valence-electron chi connectivity index (χ2n) is 11.9. The van der Waals surface area contributed by atoms with Crippen LogP contribution >= 0.6 is 0 Å². The van der Waals surface area contributed by atoms with E-state index in [1.54, 1.807) is 24.7 Å². The van der Waals surface area contributed by atoms with Gasteiger partial charge < -0.3 is 15.3 Å². The summed E-state index contributed by atoms with van der Waals surface area (Å²) in [4.78, 5) is 43.1. The van der Waals surface area contributed by atoms with Crippen molar-refractivity contribution in [2.45, 2.75) is 74.8 Å². The van der Waals surface area contributed by atoms with E-state index in [0.29, 0.717) is 30.9 Å². The third-order valence-electron chi connectivity index (χ3n) is 9.34. The molecule has 2 aromatic heterocycles. The zero-order chi connectivity index (χ0) is 30.9. The first-order chi connectivity index (χ1) is 21.1. The number of pyridine rings is 1. The molecule has 1 aliphatic carbocycles. The van der Waals surface area contributed by atoms with Gasteiger partial charge in [-0.1, -0.05) is 6.07 Å². The summed E-state index contributed by atoms with van der Waals surface area (Å²) in [5, 5.41) is 14.0. The summed E-state index contributed by atoms with van der Waals surface area (Å²) in [6.45, 7) is 1.24. The predicted molar refractivity (Wildman–Crippen MR) is 155 cm³/mol. The Balaban J connectivity index is 1.03. The Morgan fingerprint density at radius 1 is 0.955 bits per heavy atom. The second-order valence-corrected chi connectivity index (χ2v) is 11.9. The van der Waals surface area contributed by atoms with Gasteiger partial charge >= 0.3 is 6.18 Å². The molecule has 9 nitrogen and oxygen atoms in total. The maximum absolute atomic E-state index is 13.2. The van der Waals surface area contributed by atoms with Crippen molar-refractivity contribution in [3.05, 3.63) is 77.9 Å². The fourth-order valence-corrected chi connectivity index (χ4v) is 7.10. The predicted octanol–water partition coefficient (Wildman–Crippen LogP) is 4.18. The van der Waals surface area contributed by atoms with E-state index in [4.69, 9.17) is 0 Å². The van der Waals surface area contributed by atoms with Gasteiger partial charge in [-0.25, -0.2) is 9.97 Å². The molecule has 3 aliphatic rings. The third kappa shape index (κ3) is 6.18. The number of aliphatic hydroxyl groups is 1. The summed E-state index contributed by atoms with van der Waals surface area (Å²) < 4.78 is 39.1. The summed E-state index contributed by atoms with van der Waals surface area (Å²) in [7, 11) is 0. The summed E-state index contributed by atoms with van der Waals surface area (Å²) in [5.74, 6) is -0.352. The van der Waals surface area contributed by atoms with Gasteiger partial charge in [-0.05, 0) is 87.9 Å². The first-order valence-corrected chi connectivity index (χ1v) is 15.1. The summed E-state index contributed by atoms with van der Waals surface area (Å²) in [6, 6.07) is 10.2. The maximum atomic E-state index is 13.2. The minimum atomic E-state index is -4.55. The Morgan fingerprint density at radius 3 is 2.43 bits per heavy atom. The van der Waals surface area contributed by atoms with Gasteiger partial charge in [0.15, 0.2) is 5.82 Å². The SMILES string of the molecule is O=C(NCC(=O)N1CC[C@H]2[C@@H]1CCCN2C1CCC(O)(c2ccc(-c3ncccn3)cn2)CC1)c1cccc(C(F)(F)F)c1. The number of fused-ring (bicyclic) bond motifs is 1. The largest absolute Gasteiger partial charge is 0.416 e. The highest BCUT2D eigenvalue weighted by molar-refractivity contribution is 5.96. The highest BCUT2D eigenvalue weighted by Crippen LogP contribution is 2.41. The van der Waals surface area contributed by atoms with Crippen molar-refractivity contribution < 1.29 is 27.9 Å². The van der Waals surface area contributed by atoms with Crippen molar-refractivity contribution in [3.8, 4) is 11.4 Å². The number of carbonyl (C=O) groups excluding carboxylic acids is 2. The number of piperidine rings is 1. The van der Waals surface area contributed by atoms with Gasteiger partial charge in [0.2, 0.25) is 5.91 Å². The number of aromatic nitrogens is 3. The fourth-order valence-electron chi connectivity index (χ4n) is 7.10. The molecule has 0 unspecified atom stereocenters. The maximum Gasteiger partial charge on any atom is 0.416 e. The molecule has 2 N–H and O–H groups in total. The average Bonchev–Trinajstić information content (AvgIpc) is 3.49. The Hall–Kier alpha value is -3.90. The number of nitrogens with zero attached hydrogens (tertiary/aromatic N) is 5. The lowest BCUT2D eigenvalue weighted by molar-refractivity contribution is -0.137. The molecule has 1 aromatic carbocycles. The smallest absolute Gasteiger partial charge is 0.384 e. The standard InChI is InChI=1S/C32H35F3N6O3/c33-32(34,35)23-5-1-4-21(18-23)30(43)39-20-28(42)41-17-11-26-25(41)6-2-16-40(26)24-9-12-31(44,13-10-24)27-8-7-22(19-38-27)29-36-14-3-15-37-29/h1,3-5,7-8,14-15,18-19,24-26,44H,2,6,9-13,16-17,20H2,(H,39,43)/t24?,25-,26-,31?/m0/s1. The van der Waals surface area contributed by atoms with Crippen LogP contribution in [-0.2, 0) is 16.6 Å². The Labute approximate surface area is 253 Å². The highest BCUT2D eigenvalue weighted by Gasteiger charge is 2.46. The van der Waals surface area contributed by atoms with Crippen molar-refractivity contribution in [1.82, 2.24) is 30.1 Å². The first kappa shape index (κ1) is 30.1. The van der Waals surface area contributed by atoms with Gasteiger partial charge in [0, 0.05) is 54.4 Å². The number of likely N-dealkylation sites (tertiary alicyclic amines) is 2. The first-order valence-electron chi connectivity index (χ1n) is 15.1. The van der Waals surface area contributed by atoms with Gasteiger partial charge in [-0.15, -0.1) is 0 Å². The number of hydrogen-bond acceptors (Lipinski definition) is 7. The van der Waals surface area contributed by atoms with Gasteiger partial charge in [0.05, 0.1) is 17.8 Å². The van der Waals surface area contributed by atoms with Crippen LogP contribution in [0.25, 0.3) is 11.4 Å². The summed E-state index contributed by atoms with van der Waals surface area (Å²) in [5.41, 5.74) is -0.602.